The van der Waals surface area contributed by atoms with Crippen molar-refractivity contribution >= 4 is 17.2 Å². The number of aliphatic imine (C=N–C) groups is 1. The summed E-state index contributed by atoms with van der Waals surface area (Å²) in [5.74, 6) is 0. The molecule has 0 amide bonds. The third-order valence-corrected chi connectivity index (χ3v) is 5.18. The molecular formula is C31H48N4Y-2. The van der Waals surface area contributed by atoms with Gasteiger partial charge in [-0.2, -0.15) is 0 Å². The van der Waals surface area contributed by atoms with Crippen LogP contribution < -0.4 is 0 Å². The van der Waals surface area contributed by atoms with E-state index in [-0.39, 0.29) is 32.7 Å². The van der Waals surface area contributed by atoms with Crippen LogP contribution in [0.5, 0.6) is 0 Å². The summed E-state index contributed by atoms with van der Waals surface area (Å²) in [5.41, 5.74) is 3.98. The van der Waals surface area contributed by atoms with Gasteiger partial charge in [0.15, 0.2) is 0 Å². The van der Waals surface area contributed by atoms with Crippen LogP contribution in [0, 0.1) is 13.5 Å². The number of piperazine rings is 1. The van der Waals surface area contributed by atoms with Crippen molar-refractivity contribution in [3.63, 3.8) is 0 Å². The zero-order valence-electron chi connectivity index (χ0n) is 23.8. The number of benzene rings is 2. The van der Waals surface area contributed by atoms with E-state index >= 15 is 0 Å². The molecule has 0 spiro atoms. The van der Waals surface area contributed by atoms with Crippen molar-refractivity contribution in [1.29, 1.82) is 0 Å². The summed E-state index contributed by atoms with van der Waals surface area (Å²) in [5, 5.41) is 1.36. The van der Waals surface area contributed by atoms with Crippen molar-refractivity contribution in [2.45, 2.75) is 61.3 Å². The van der Waals surface area contributed by atoms with Gasteiger partial charge in [-0.3, -0.25) is 4.90 Å². The van der Waals surface area contributed by atoms with Crippen LogP contribution >= 0.6 is 0 Å². The van der Waals surface area contributed by atoms with E-state index in [2.05, 4.69) is 75.6 Å². The summed E-state index contributed by atoms with van der Waals surface area (Å²) < 4.78 is 0. The molecule has 3 aromatic rings. The van der Waals surface area contributed by atoms with Gasteiger partial charge in [-0.05, 0) is 37.9 Å². The number of H-pyrrole nitrogens is 1. The van der Waals surface area contributed by atoms with E-state index in [4.69, 9.17) is 6.58 Å². The van der Waals surface area contributed by atoms with Gasteiger partial charge in [0, 0.05) is 76.0 Å². The molecule has 1 radical (unpaired) electrons. The minimum absolute atomic E-state index is 0. The Labute approximate surface area is 247 Å². The molecule has 2 aromatic carbocycles. The van der Waals surface area contributed by atoms with Crippen LogP contribution in [0.1, 0.15) is 59.1 Å². The summed E-state index contributed by atoms with van der Waals surface area (Å²) in [6.07, 6.45) is 8.69. The van der Waals surface area contributed by atoms with E-state index in [9.17, 15) is 0 Å². The number of fused-ring (bicyclic) bond motifs is 1. The van der Waals surface area contributed by atoms with Crippen LogP contribution in [-0.2, 0) is 39.1 Å². The average molecular weight is 566 g/mol. The van der Waals surface area contributed by atoms with Crippen LogP contribution in [-0.4, -0.2) is 53.8 Å². The molecule has 0 bridgehead atoms. The number of para-hydroxylation sites is 1. The van der Waals surface area contributed by atoms with Gasteiger partial charge in [-0.25, -0.2) is 0 Å². The molecule has 0 atom stereocenters. The molecule has 4 nitrogen and oxygen atoms in total. The second-order valence-electron chi connectivity index (χ2n) is 7.32. The summed E-state index contributed by atoms with van der Waals surface area (Å²) in [6.45, 7) is 24.6. The average Bonchev–Trinajstić information content (AvgIpc) is 3.35. The molecule has 4 rings (SSSR count). The van der Waals surface area contributed by atoms with Crippen LogP contribution in [0.4, 0.5) is 0 Å². The molecule has 1 aliphatic rings. The Morgan fingerprint density at radius 2 is 1.47 bits per heavy atom. The van der Waals surface area contributed by atoms with E-state index in [0.717, 1.165) is 39.1 Å². The van der Waals surface area contributed by atoms with E-state index in [1.54, 1.807) is 0 Å². The standard InChI is InChI=1S/C18H22N4.C7H8.3C2H6.Y/c1-2-19-15-22-12-10-21(11-13-22)9-5-6-16-14-20-18-8-4-3-7-17(16)18;1-7-5-3-2-4-6-7;3*1-2;/h1-4,7-8,14,20H,5-6,9-13H2;2-6H,1H3;3*1-2H3;/q-2;;;;;. The molecule has 0 aliphatic carbocycles. The van der Waals surface area contributed by atoms with Gasteiger partial charge in [0.2, 0.25) is 0 Å². The van der Waals surface area contributed by atoms with Crippen molar-refractivity contribution < 1.29 is 32.7 Å². The van der Waals surface area contributed by atoms with Gasteiger partial charge in [-0.15, -0.1) is 0 Å². The van der Waals surface area contributed by atoms with Crippen LogP contribution in [0.3, 0.4) is 0 Å². The second kappa shape index (κ2) is 24.9. The maximum atomic E-state index is 5.23. The Balaban J connectivity index is 0. The Morgan fingerprint density at radius 1 is 0.889 bits per heavy atom. The fourth-order valence-electron chi connectivity index (χ4n) is 3.55. The molecule has 1 saturated heterocycles. The number of rotatable bonds is 6. The second-order valence-corrected chi connectivity index (χ2v) is 7.32. The molecule has 1 aliphatic heterocycles. The zero-order chi connectivity index (χ0) is 26.3. The number of nitrogens with one attached hydrogen (secondary N) is 1. The molecule has 197 valence electrons. The fraction of sp³-hybridized carbons (Fsp3) is 0.452. The Morgan fingerprint density at radius 3 is 2.03 bits per heavy atom. The number of nitrogens with zero attached hydrogens (tertiary/aromatic N) is 3. The van der Waals surface area contributed by atoms with Crippen molar-refractivity contribution in [3.05, 3.63) is 84.7 Å². The topological polar surface area (TPSA) is 34.6 Å². The normalized spacial score (nSPS) is 12.4. The maximum Gasteiger partial charge on any atom is 0.0456 e. The molecule has 0 saturated carbocycles. The van der Waals surface area contributed by atoms with E-state index in [0.29, 0.717) is 0 Å². The first-order valence-corrected chi connectivity index (χ1v) is 13.3. The summed E-state index contributed by atoms with van der Waals surface area (Å²) in [7, 11) is 0. The Kier molecular flexibility index (Phi) is 25.2. The summed E-state index contributed by atoms with van der Waals surface area (Å²) in [6, 6.07) is 18.8. The largest absolute Gasteiger partial charge is 0.601 e. The zero-order valence-corrected chi connectivity index (χ0v) is 26.6. The molecule has 0 unspecified atom stereocenters. The first-order valence-electron chi connectivity index (χ1n) is 13.3. The molecule has 1 N–H and O–H groups in total. The smallest absolute Gasteiger partial charge is 0.0456 e. The van der Waals surface area contributed by atoms with Gasteiger partial charge in [-0.1, -0.05) is 102 Å². The minimum Gasteiger partial charge on any atom is -0.601 e. The van der Waals surface area contributed by atoms with Crippen molar-refractivity contribution in [3.8, 4) is 0 Å². The third-order valence-electron chi connectivity index (χ3n) is 5.18. The van der Waals surface area contributed by atoms with Gasteiger partial charge in [0.25, 0.3) is 0 Å². The number of hydrogen-bond donors (Lipinski definition) is 1. The number of aromatic amines is 1. The monoisotopic (exact) mass is 565 g/mol. The number of aromatic nitrogens is 1. The maximum absolute atomic E-state index is 5.23. The predicted molar refractivity (Wildman–Crippen MR) is 156 cm³/mol. The Hall–Kier alpha value is -1.75. The van der Waals surface area contributed by atoms with Crippen LogP contribution in [0.25, 0.3) is 10.9 Å². The number of aryl methyl sites for hydroxylation is 2. The summed E-state index contributed by atoms with van der Waals surface area (Å²) in [4.78, 5) is 11.8. The SMILES string of the molecule is CC.CC.CC.Cc1ccccc1.[CH-]=CN=[C-]N1CCN(CCCc2c[nH]c3ccccc23)CC1.[Y]. The molecule has 2 heterocycles. The fourth-order valence-corrected chi connectivity index (χ4v) is 3.55. The van der Waals surface area contributed by atoms with Crippen molar-refractivity contribution in [2.75, 3.05) is 32.7 Å². The first-order chi connectivity index (χ1) is 17.3. The Bertz CT molecular complexity index is 897. The molecule has 5 heteroatoms. The van der Waals surface area contributed by atoms with E-state index in [1.165, 1.54) is 34.7 Å². The summed E-state index contributed by atoms with van der Waals surface area (Å²) >= 11 is 0. The van der Waals surface area contributed by atoms with E-state index < -0.39 is 0 Å². The number of hydrogen-bond acceptors (Lipinski definition) is 2. The van der Waals surface area contributed by atoms with E-state index in [1.807, 2.05) is 59.7 Å². The first kappa shape index (κ1) is 36.4. The van der Waals surface area contributed by atoms with Gasteiger partial charge < -0.3 is 27.7 Å². The van der Waals surface area contributed by atoms with Gasteiger partial charge in [0.05, 0.1) is 0 Å². The minimum atomic E-state index is 0. The molecule has 1 aromatic heterocycles. The van der Waals surface area contributed by atoms with Gasteiger partial charge in [0.1, 0.15) is 0 Å². The van der Waals surface area contributed by atoms with Crippen molar-refractivity contribution in [2.24, 2.45) is 4.99 Å². The molecule has 1 fully saturated rings. The quantitative estimate of drug-likeness (QED) is 0.189. The predicted octanol–water partition coefficient (Wildman–Crippen LogP) is 7.64. The third kappa shape index (κ3) is 14.7. The van der Waals surface area contributed by atoms with Crippen LogP contribution in [0.15, 0.2) is 72.0 Å². The van der Waals surface area contributed by atoms with Crippen molar-refractivity contribution in [1.82, 2.24) is 14.8 Å². The molecular weight excluding hydrogens is 517 g/mol. The van der Waals surface area contributed by atoms with Crippen LogP contribution in [0.2, 0.25) is 0 Å². The van der Waals surface area contributed by atoms with Gasteiger partial charge >= 0.3 is 0 Å². The molecule has 36 heavy (non-hydrogen) atoms.